The van der Waals surface area contributed by atoms with Gasteiger partial charge in [0.05, 0.1) is 0 Å². The standard InChI is InChI=1S/C14H22N2S/c1-11-9-16(10-12(2)17-11)14-5-3-13(4-6-14)7-8-15/h3-6,11-12H,7-10,15H2,1-2H3. The van der Waals surface area contributed by atoms with Gasteiger partial charge in [-0.1, -0.05) is 26.0 Å². The highest BCUT2D eigenvalue weighted by Gasteiger charge is 2.22. The number of hydrogen-bond acceptors (Lipinski definition) is 3. The Hall–Kier alpha value is -0.670. The molecule has 0 amide bonds. The van der Waals surface area contributed by atoms with Crippen molar-refractivity contribution < 1.29 is 0 Å². The first-order valence-electron chi connectivity index (χ1n) is 6.38. The largest absolute Gasteiger partial charge is 0.369 e. The second-order valence-corrected chi connectivity index (χ2v) is 6.75. The minimum Gasteiger partial charge on any atom is -0.369 e. The summed E-state index contributed by atoms with van der Waals surface area (Å²) < 4.78 is 0. The van der Waals surface area contributed by atoms with Crippen molar-refractivity contribution in [3.05, 3.63) is 29.8 Å². The van der Waals surface area contributed by atoms with Crippen LogP contribution in [0.5, 0.6) is 0 Å². The maximum absolute atomic E-state index is 5.56. The second kappa shape index (κ2) is 5.78. The van der Waals surface area contributed by atoms with Crippen LogP contribution in [0, 0.1) is 0 Å². The summed E-state index contributed by atoms with van der Waals surface area (Å²) in [4.78, 5) is 2.50. The fraction of sp³-hybridized carbons (Fsp3) is 0.571. The van der Waals surface area contributed by atoms with E-state index >= 15 is 0 Å². The van der Waals surface area contributed by atoms with E-state index in [1.165, 1.54) is 11.3 Å². The number of nitrogens with two attached hydrogens (primary N) is 1. The van der Waals surface area contributed by atoms with Gasteiger partial charge in [-0.05, 0) is 30.7 Å². The lowest BCUT2D eigenvalue weighted by molar-refractivity contribution is 0.728. The van der Waals surface area contributed by atoms with Crippen LogP contribution < -0.4 is 10.6 Å². The lowest BCUT2D eigenvalue weighted by Crippen LogP contribution is -2.40. The van der Waals surface area contributed by atoms with Crippen LogP contribution in [0.4, 0.5) is 5.69 Å². The van der Waals surface area contributed by atoms with Crippen molar-refractivity contribution in [2.24, 2.45) is 5.73 Å². The first-order chi connectivity index (χ1) is 8.19. The number of anilines is 1. The Bertz CT molecular complexity index is 340. The molecule has 1 saturated heterocycles. The Kier molecular flexibility index (Phi) is 4.35. The van der Waals surface area contributed by atoms with Gasteiger partial charge in [-0.2, -0.15) is 11.8 Å². The highest BCUT2D eigenvalue weighted by atomic mass is 32.2. The SMILES string of the molecule is CC1CN(c2ccc(CCN)cc2)CC(C)S1. The average molecular weight is 250 g/mol. The van der Waals surface area contributed by atoms with Crippen LogP contribution in [0.1, 0.15) is 19.4 Å². The van der Waals surface area contributed by atoms with Crippen LogP contribution in [0.2, 0.25) is 0 Å². The molecule has 1 aliphatic heterocycles. The van der Waals surface area contributed by atoms with Gasteiger partial charge in [0, 0.05) is 29.3 Å². The van der Waals surface area contributed by atoms with Gasteiger partial charge in [0.1, 0.15) is 0 Å². The highest BCUT2D eigenvalue weighted by molar-refractivity contribution is 8.00. The molecule has 1 aromatic carbocycles. The van der Waals surface area contributed by atoms with Crippen LogP contribution in [0.3, 0.4) is 0 Å². The van der Waals surface area contributed by atoms with Gasteiger partial charge >= 0.3 is 0 Å². The van der Waals surface area contributed by atoms with Crippen molar-refractivity contribution in [3.8, 4) is 0 Å². The molecular formula is C14H22N2S. The van der Waals surface area contributed by atoms with Crippen LogP contribution in [0.25, 0.3) is 0 Å². The first kappa shape index (κ1) is 12.8. The number of thioether (sulfide) groups is 1. The van der Waals surface area contributed by atoms with Gasteiger partial charge in [-0.15, -0.1) is 0 Å². The summed E-state index contributed by atoms with van der Waals surface area (Å²) in [6, 6.07) is 8.89. The van der Waals surface area contributed by atoms with Crippen LogP contribution in [-0.2, 0) is 6.42 Å². The fourth-order valence-corrected chi connectivity index (χ4v) is 3.75. The van der Waals surface area contributed by atoms with Crippen molar-refractivity contribution in [1.29, 1.82) is 0 Å². The van der Waals surface area contributed by atoms with Gasteiger partial charge < -0.3 is 10.6 Å². The van der Waals surface area contributed by atoms with E-state index in [-0.39, 0.29) is 0 Å². The van der Waals surface area contributed by atoms with Crippen molar-refractivity contribution >= 4 is 17.4 Å². The molecule has 2 rings (SSSR count). The number of hydrogen-bond donors (Lipinski definition) is 1. The van der Waals surface area contributed by atoms with Gasteiger partial charge in [-0.25, -0.2) is 0 Å². The molecule has 1 aromatic rings. The van der Waals surface area contributed by atoms with Crippen molar-refractivity contribution in [2.45, 2.75) is 30.8 Å². The molecule has 0 aromatic heterocycles. The van der Waals surface area contributed by atoms with E-state index in [0.29, 0.717) is 0 Å². The van der Waals surface area contributed by atoms with Crippen molar-refractivity contribution in [1.82, 2.24) is 0 Å². The Morgan fingerprint density at radius 3 is 2.29 bits per heavy atom. The average Bonchev–Trinajstić information content (AvgIpc) is 2.29. The molecule has 94 valence electrons. The zero-order chi connectivity index (χ0) is 12.3. The summed E-state index contributed by atoms with van der Waals surface area (Å²) in [5.74, 6) is 0. The van der Waals surface area contributed by atoms with Gasteiger partial charge in [0.2, 0.25) is 0 Å². The summed E-state index contributed by atoms with van der Waals surface area (Å²) in [5, 5.41) is 1.45. The topological polar surface area (TPSA) is 29.3 Å². The molecule has 1 heterocycles. The molecule has 2 N–H and O–H groups in total. The molecule has 0 spiro atoms. The summed E-state index contributed by atoms with van der Waals surface area (Å²) in [7, 11) is 0. The van der Waals surface area contributed by atoms with E-state index in [1.807, 2.05) is 0 Å². The Labute approximate surface area is 109 Å². The Morgan fingerprint density at radius 2 is 1.76 bits per heavy atom. The minimum atomic E-state index is 0.725. The Morgan fingerprint density at radius 1 is 1.18 bits per heavy atom. The molecular weight excluding hydrogens is 228 g/mol. The normalized spacial score (nSPS) is 25.0. The van der Waals surface area contributed by atoms with Gasteiger partial charge in [0.25, 0.3) is 0 Å². The number of benzene rings is 1. The minimum absolute atomic E-state index is 0.725. The third-order valence-corrected chi connectivity index (χ3v) is 4.38. The molecule has 0 aliphatic carbocycles. The van der Waals surface area contributed by atoms with E-state index in [1.54, 1.807) is 0 Å². The molecule has 2 nitrogen and oxygen atoms in total. The molecule has 2 unspecified atom stereocenters. The predicted octanol–water partition coefficient (Wildman–Crippen LogP) is 2.52. The van der Waals surface area contributed by atoms with Crippen molar-refractivity contribution in [2.75, 3.05) is 24.5 Å². The maximum atomic E-state index is 5.56. The monoisotopic (exact) mass is 250 g/mol. The van der Waals surface area contributed by atoms with Crippen LogP contribution in [-0.4, -0.2) is 30.1 Å². The van der Waals surface area contributed by atoms with Gasteiger partial charge in [-0.3, -0.25) is 0 Å². The first-order valence-corrected chi connectivity index (χ1v) is 7.32. The van der Waals surface area contributed by atoms with Crippen LogP contribution in [0.15, 0.2) is 24.3 Å². The predicted molar refractivity (Wildman–Crippen MR) is 77.9 cm³/mol. The second-order valence-electron chi connectivity index (χ2n) is 4.87. The fourth-order valence-electron chi connectivity index (χ4n) is 2.43. The van der Waals surface area contributed by atoms with E-state index in [2.05, 4.69) is 54.8 Å². The van der Waals surface area contributed by atoms with E-state index in [4.69, 9.17) is 5.73 Å². The molecule has 3 heteroatoms. The summed E-state index contributed by atoms with van der Waals surface area (Å²) in [6.07, 6.45) is 0.975. The Balaban J connectivity index is 2.06. The lowest BCUT2D eigenvalue weighted by atomic mass is 10.1. The lowest BCUT2D eigenvalue weighted by Gasteiger charge is -2.36. The summed E-state index contributed by atoms with van der Waals surface area (Å²) in [5.41, 5.74) is 8.25. The van der Waals surface area contributed by atoms with Gasteiger partial charge in [0.15, 0.2) is 0 Å². The number of rotatable bonds is 3. The molecule has 0 bridgehead atoms. The van der Waals surface area contributed by atoms with Crippen LogP contribution >= 0.6 is 11.8 Å². The molecule has 2 atom stereocenters. The zero-order valence-corrected chi connectivity index (χ0v) is 11.5. The molecule has 17 heavy (non-hydrogen) atoms. The number of nitrogens with zero attached hydrogens (tertiary/aromatic N) is 1. The summed E-state index contributed by atoms with van der Waals surface area (Å²) in [6.45, 7) is 7.68. The van der Waals surface area contributed by atoms with E-state index in [0.717, 1.165) is 36.6 Å². The van der Waals surface area contributed by atoms with E-state index in [9.17, 15) is 0 Å². The third-order valence-electron chi connectivity index (χ3n) is 3.15. The maximum Gasteiger partial charge on any atom is 0.0367 e. The van der Waals surface area contributed by atoms with E-state index < -0.39 is 0 Å². The molecule has 1 aliphatic rings. The third kappa shape index (κ3) is 3.39. The quantitative estimate of drug-likeness (QED) is 0.894. The molecule has 1 fully saturated rings. The zero-order valence-electron chi connectivity index (χ0n) is 10.7. The highest BCUT2D eigenvalue weighted by Crippen LogP contribution is 2.28. The summed E-state index contributed by atoms with van der Waals surface area (Å²) >= 11 is 2.09. The smallest absolute Gasteiger partial charge is 0.0367 e. The molecule has 0 saturated carbocycles. The van der Waals surface area contributed by atoms with Crippen molar-refractivity contribution in [3.63, 3.8) is 0 Å². The molecule has 0 radical (unpaired) electrons.